The van der Waals surface area contributed by atoms with Crippen molar-refractivity contribution in [3.05, 3.63) is 102 Å². The van der Waals surface area contributed by atoms with E-state index in [-0.39, 0.29) is 18.6 Å². The van der Waals surface area contributed by atoms with Gasteiger partial charge in [-0.25, -0.2) is 9.90 Å². The summed E-state index contributed by atoms with van der Waals surface area (Å²) in [5.74, 6) is 0.560. The monoisotopic (exact) mass is 375 g/mol. The van der Waals surface area contributed by atoms with Crippen LogP contribution in [0.3, 0.4) is 0 Å². The topological polar surface area (TPSA) is 48.0 Å². The molecule has 0 spiro atoms. The summed E-state index contributed by atoms with van der Waals surface area (Å²) in [7, 11) is 0. The molecule has 142 valence electrons. The van der Waals surface area contributed by atoms with Crippen LogP contribution in [0.15, 0.2) is 91.0 Å². The van der Waals surface area contributed by atoms with Crippen LogP contribution in [0.5, 0.6) is 5.75 Å². The molecule has 4 rings (SSSR count). The summed E-state index contributed by atoms with van der Waals surface area (Å²) in [4.78, 5) is 18.8. The van der Waals surface area contributed by atoms with Gasteiger partial charge in [-0.05, 0) is 24.3 Å². The van der Waals surface area contributed by atoms with Gasteiger partial charge in [0, 0.05) is 11.1 Å². The van der Waals surface area contributed by atoms with Crippen LogP contribution >= 0.6 is 0 Å². The van der Waals surface area contributed by atoms with Crippen LogP contribution in [0, 0.1) is 0 Å². The van der Waals surface area contributed by atoms with E-state index in [1.54, 1.807) is 12.1 Å². The zero-order chi connectivity index (χ0) is 19.2. The Bertz CT molecular complexity index is 886. The average Bonchev–Trinajstić information content (AvgIpc) is 2.79. The van der Waals surface area contributed by atoms with Crippen molar-refractivity contribution in [3.8, 4) is 5.75 Å². The zero-order valence-electron chi connectivity index (χ0n) is 15.3. The van der Waals surface area contributed by atoms with Crippen LogP contribution in [0.2, 0.25) is 0 Å². The number of para-hydroxylation sites is 1. The van der Waals surface area contributed by atoms with E-state index in [1.807, 2.05) is 78.9 Å². The number of rotatable bonds is 5. The Morgan fingerprint density at radius 3 is 2.18 bits per heavy atom. The van der Waals surface area contributed by atoms with Gasteiger partial charge < -0.3 is 9.47 Å². The van der Waals surface area contributed by atoms with Gasteiger partial charge in [0.2, 0.25) is 6.29 Å². The van der Waals surface area contributed by atoms with Crippen molar-refractivity contribution >= 4 is 5.91 Å². The van der Waals surface area contributed by atoms with Crippen LogP contribution in [-0.2, 0) is 9.57 Å². The van der Waals surface area contributed by atoms with Crippen molar-refractivity contribution in [2.75, 3.05) is 13.2 Å². The van der Waals surface area contributed by atoms with Crippen LogP contribution in [0.1, 0.15) is 22.2 Å². The van der Waals surface area contributed by atoms with E-state index < -0.39 is 6.29 Å². The molecule has 2 atom stereocenters. The first-order valence-corrected chi connectivity index (χ1v) is 9.21. The lowest BCUT2D eigenvalue weighted by Crippen LogP contribution is -2.47. The van der Waals surface area contributed by atoms with Crippen molar-refractivity contribution < 1.29 is 19.1 Å². The lowest BCUT2D eigenvalue weighted by atomic mass is 10.2. The standard InChI is InChI=1S/C23H21NO4/c25-22(18-10-4-1-5-11-18)24-16-21(17-26-20-14-8-3-9-15-20)27-23(28-24)19-12-6-2-7-13-19/h1-15,21,23H,16-17H2/t21-,23+/m1/s1. The molecule has 0 bridgehead atoms. The molecule has 0 aromatic heterocycles. The molecule has 0 N–H and O–H groups in total. The molecule has 0 radical (unpaired) electrons. The molecule has 5 heteroatoms. The van der Waals surface area contributed by atoms with E-state index in [1.165, 1.54) is 5.06 Å². The van der Waals surface area contributed by atoms with Crippen molar-refractivity contribution in [3.63, 3.8) is 0 Å². The maximum atomic E-state index is 12.9. The molecule has 5 nitrogen and oxygen atoms in total. The minimum Gasteiger partial charge on any atom is -0.491 e. The summed E-state index contributed by atoms with van der Waals surface area (Å²) in [6.45, 7) is 0.596. The Balaban J connectivity index is 1.51. The minimum absolute atomic E-state index is 0.199. The van der Waals surface area contributed by atoms with E-state index in [4.69, 9.17) is 14.3 Å². The first kappa shape index (κ1) is 18.2. The predicted molar refractivity (Wildman–Crippen MR) is 105 cm³/mol. The first-order valence-electron chi connectivity index (χ1n) is 9.21. The highest BCUT2D eigenvalue weighted by Gasteiger charge is 2.33. The normalized spacial score (nSPS) is 19.2. The molecule has 1 aliphatic heterocycles. The maximum Gasteiger partial charge on any atom is 0.277 e. The molecule has 1 aliphatic rings. The van der Waals surface area contributed by atoms with Gasteiger partial charge in [-0.3, -0.25) is 4.79 Å². The molecular formula is C23H21NO4. The highest BCUT2D eigenvalue weighted by Crippen LogP contribution is 2.28. The molecule has 0 aliphatic carbocycles. The number of hydrogen-bond acceptors (Lipinski definition) is 4. The molecule has 1 saturated heterocycles. The van der Waals surface area contributed by atoms with E-state index in [9.17, 15) is 4.79 Å². The van der Waals surface area contributed by atoms with Gasteiger partial charge in [0.25, 0.3) is 5.91 Å². The van der Waals surface area contributed by atoms with E-state index in [2.05, 4.69) is 0 Å². The Morgan fingerprint density at radius 1 is 0.893 bits per heavy atom. The number of ether oxygens (including phenoxy) is 2. The molecule has 1 amide bonds. The Labute approximate surface area is 164 Å². The van der Waals surface area contributed by atoms with Gasteiger partial charge in [-0.15, -0.1) is 0 Å². The minimum atomic E-state index is -0.674. The SMILES string of the molecule is O=C(c1ccccc1)N1C[C@H](COc2ccccc2)O[C@H](c2ccccc2)O1. The number of hydrogen-bond donors (Lipinski definition) is 0. The van der Waals surface area contributed by atoms with Gasteiger partial charge in [0.1, 0.15) is 18.5 Å². The number of carbonyl (C=O) groups is 1. The second kappa shape index (κ2) is 8.69. The number of carbonyl (C=O) groups excluding carboxylic acids is 1. The van der Waals surface area contributed by atoms with Crippen LogP contribution < -0.4 is 4.74 Å². The largest absolute Gasteiger partial charge is 0.491 e. The Hall–Kier alpha value is -3.15. The van der Waals surface area contributed by atoms with Crippen LogP contribution in [-0.4, -0.2) is 30.2 Å². The molecule has 1 fully saturated rings. The Morgan fingerprint density at radius 2 is 1.50 bits per heavy atom. The zero-order valence-corrected chi connectivity index (χ0v) is 15.3. The third-order valence-corrected chi connectivity index (χ3v) is 4.41. The van der Waals surface area contributed by atoms with Gasteiger partial charge in [0.15, 0.2) is 0 Å². The number of benzene rings is 3. The molecule has 28 heavy (non-hydrogen) atoms. The molecule has 1 heterocycles. The summed E-state index contributed by atoms with van der Waals surface area (Å²) in [5.41, 5.74) is 1.41. The summed E-state index contributed by atoms with van der Waals surface area (Å²) >= 11 is 0. The summed E-state index contributed by atoms with van der Waals surface area (Å²) in [6, 6.07) is 28.2. The molecular weight excluding hydrogens is 354 g/mol. The fourth-order valence-electron chi connectivity index (χ4n) is 2.99. The van der Waals surface area contributed by atoms with Crippen molar-refractivity contribution in [1.82, 2.24) is 5.06 Å². The van der Waals surface area contributed by atoms with Gasteiger partial charge in [-0.2, -0.15) is 0 Å². The second-order valence-electron chi connectivity index (χ2n) is 6.46. The van der Waals surface area contributed by atoms with Crippen LogP contribution in [0.4, 0.5) is 0 Å². The summed E-state index contributed by atoms with van der Waals surface area (Å²) in [5, 5.41) is 1.37. The number of hydroxylamine groups is 2. The second-order valence-corrected chi connectivity index (χ2v) is 6.46. The lowest BCUT2D eigenvalue weighted by molar-refractivity contribution is -0.325. The van der Waals surface area contributed by atoms with E-state index in [0.717, 1.165) is 11.3 Å². The fraction of sp³-hybridized carbons (Fsp3) is 0.174. The van der Waals surface area contributed by atoms with Gasteiger partial charge in [-0.1, -0.05) is 66.7 Å². The third-order valence-electron chi connectivity index (χ3n) is 4.41. The van der Waals surface area contributed by atoms with Crippen molar-refractivity contribution in [2.45, 2.75) is 12.4 Å². The average molecular weight is 375 g/mol. The van der Waals surface area contributed by atoms with Crippen molar-refractivity contribution in [2.24, 2.45) is 0 Å². The molecule has 3 aromatic rings. The maximum absolute atomic E-state index is 12.9. The molecule has 0 saturated carbocycles. The highest BCUT2D eigenvalue weighted by molar-refractivity contribution is 5.93. The quantitative estimate of drug-likeness (QED) is 0.669. The number of amides is 1. The van der Waals surface area contributed by atoms with E-state index >= 15 is 0 Å². The Kier molecular flexibility index (Phi) is 5.66. The van der Waals surface area contributed by atoms with E-state index in [0.29, 0.717) is 12.2 Å². The highest BCUT2D eigenvalue weighted by atomic mass is 16.8. The fourth-order valence-corrected chi connectivity index (χ4v) is 2.99. The molecule has 0 unspecified atom stereocenters. The van der Waals surface area contributed by atoms with Gasteiger partial charge >= 0.3 is 0 Å². The van der Waals surface area contributed by atoms with Crippen LogP contribution in [0.25, 0.3) is 0 Å². The smallest absolute Gasteiger partial charge is 0.277 e. The predicted octanol–water partition coefficient (Wildman–Crippen LogP) is 4.24. The molecule has 3 aromatic carbocycles. The number of nitrogens with zero attached hydrogens (tertiary/aromatic N) is 1. The summed E-state index contributed by atoms with van der Waals surface area (Å²) in [6.07, 6.45) is -1.00. The first-order chi connectivity index (χ1) is 13.8. The van der Waals surface area contributed by atoms with Crippen molar-refractivity contribution in [1.29, 1.82) is 0 Å². The third kappa shape index (κ3) is 4.39. The van der Waals surface area contributed by atoms with Gasteiger partial charge in [0.05, 0.1) is 6.54 Å². The summed E-state index contributed by atoms with van der Waals surface area (Å²) < 4.78 is 11.9. The lowest BCUT2D eigenvalue weighted by Gasteiger charge is -2.37.